The first kappa shape index (κ1) is 22.2. The topological polar surface area (TPSA) is 76.7 Å². The van der Waals surface area contributed by atoms with Crippen LogP contribution in [0.1, 0.15) is 19.4 Å². The van der Waals surface area contributed by atoms with Gasteiger partial charge in [-0.15, -0.1) is 0 Å². The molecule has 2 rings (SSSR count). The number of hydrogen-bond acceptors (Lipinski definition) is 4. The summed E-state index contributed by atoms with van der Waals surface area (Å²) in [6.45, 7) is 0.336. The number of carbonyl (C=O) groups is 2. The predicted octanol–water partition coefficient (Wildman–Crippen LogP) is 4.95. The monoisotopic (exact) mass is 424 g/mol. The van der Waals surface area contributed by atoms with E-state index in [1.54, 1.807) is 19.1 Å². The van der Waals surface area contributed by atoms with Gasteiger partial charge < -0.3 is 20.1 Å². The number of ether oxygens (including phenoxy) is 2. The molecule has 0 spiro atoms. The van der Waals surface area contributed by atoms with Crippen molar-refractivity contribution >= 4 is 40.9 Å². The maximum Gasteiger partial charge on any atom is 0.387 e. The van der Waals surface area contributed by atoms with Crippen LogP contribution in [0.3, 0.4) is 0 Å². The van der Waals surface area contributed by atoms with E-state index in [9.17, 15) is 18.4 Å². The molecule has 0 aliphatic carbocycles. The highest BCUT2D eigenvalue weighted by atomic mass is 35.5. The van der Waals surface area contributed by atoms with Crippen LogP contribution in [0.25, 0.3) is 6.08 Å². The Morgan fingerprint density at radius 1 is 1.10 bits per heavy atom. The number of halogens is 3. The first-order valence-corrected chi connectivity index (χ1v) is 8.94. The summed E-state index contributed by atoms with van der Waals surface area (Å²) >= 11 is 5.95. The molecule has 2 amide bonds. The minimum Gasteiger partial charge on any atom is -0.490 e. The average molecular weight is 425 g/mol. The van der Waals surface area contributed by atoms with Gasteiger partial charge in [-0.25, -0.2) is 0 Å². The molecule has 2 aromatic carbocycles. The summed E-state index contributed by atoms with van der Waals surface area (Å²) in [6.07, 6.45) is 2.73. The van der Waals surface area contributed by atoms with Gasteiger partial charge in [0.25, 0.3) is 0 Å². The van der Waals surface area contributed by atoms with E-state index in [1.165, 1.54) is 43.3 Å². The molecule has 0 aliphatic rings. The lowest BCUT2D eigenvalue weighted by Gasteiger charge is -2.12. The molecule has 0 fully saturated rings. The Morgan fingerprint density at radius 3 is 2.52 bits per heavy atom. The van der Waals surface area contributed by atoms with Gasteiger partial charge in [0.1, 0.15) is 0 Å². The summed E-state index contributed by atoms with van der Waals surface area (Å²) < 4.78 is 34.6. The molecule has 0 aromatic heterocycles. The first-order chi connectivity index (χ1) is 13.8. The lowest BCUT2D eigenvalue weighted by Crippen LogP contribution is -2.13. The molecule has 0 unspecified atom stereocenters. The zero-order valence-corrected chi connectivity index (χ0v) is 16.4. The molecule has 29 heavy (non-hydrogen) atoms. The second-order valence-corrected chi connectivity index (χ2v) is 6.15. The van der Waals surface area contributed by atoms with Crippen LogP contribution >= 0.6 is 11.6 Å². The number of carbonyl (C=O) groups excluding carboxylic acids is 2. The molecule has 0 bridgehead atoms. The van der Waals surface area contributed by atoms with Crippen molar-refractivity contribution in [2.24, 2.45) is 0 Å². The molecule has 2 aromatic rings. The maximum atomic E-state index is 12.5. The minimum absolute atomic E-state index is 0.0951. The van der Waals surface area contributed by atoms with Gasteiger partial charge in [-0.3, -0.25) is 9.59 Å². The number of alkyl halides is 2. The van der Waals surface area contributed by atoms with Crippen LogP contribution in [-0.2, 0) is 9.59 Å². The van der Waals surface area contributed by atoms with Crippen LogP contribution in [0.5, 0.6) is 11.5 Å². The Morgan fingerprint density at radius 2 is 1.86 bits per heavy atom. The summed E-state index contributed by atoms with van der Waals surface area (Å²) in [6, 6.07) is 8.97. The smallest absolute Gasteiger partial charge is 0.387 e. The summed E-state index contributed by atoms with van der Waals surface area (Å²) in [5.41, 5.74) is 1.27. The summed E-state index contributed by atoms with van der Waals surface area (Å²) in [5.74, 6) is -0.738. The number of benzene rings is 2. The molecule has 0 aliphatic heterocycles. The highest BCUT2D eigenvalue weighted by Crippen LogP contribution is 2.30. The standard InChI is InChI=1S/C20H19ClF2N2O4/c1-3-28-18-10-13(4-8-17(18)29-20(22)23)5-9-19(27)25-16-11-14(21)6-7-15(16)24-12(2)26/h4-11,20H,3H2,1-2H3,(H,24,26)(H,25,27)/b9-5+. The van der Waals surface area contributed by atoms with Crippen molar-refractivity contribution in [3.05, 3.63) is 53.1 Å². The highest BCUT2D eigenvalue weighted by molar-refractivity contribution is 6.31. The number of amides is 2. The van der Waals surface area contributed by atoms with Gasteiger partial charge in [0, 0.05) is 18.0 Å². The van der Waals surface area contributed by atoms with Crippen LogP contribution < -0.4 is 20.1 Å². The Hall–Kier alpha value is -3.13. The van der Waals surface area contributed by atoms with Crippen molar-refractivity contribution < 1.29 is 27.8 Å². The van der Waals surface area contributed by atoms with Crippen molar-refractivity contribution in [3.63, 3.8) is 0 Å². The fraction of sp³-hybridized carbons (Fsp3) is 0.200. The molecular formula is C20H19ClF2N2O4. The molecule has 2 N–H and O–H groups in total. The molecule has 0 heterocycles. The lowest BCUT2D eigenvalue weighted by atomic mass is 10.2. The fourth-order valence-electron chi connectivity index (χ4n) is 2.35. The second-order valence-electron chi connectivity index (χ2n) is 5.71. The number of nitrogens with one attached hydrogen (secondary N) is 2. The van der Waals surface area contributed by atoms with Gasteiger partial charge in [-0.05, 0) is 48.9 Å². The van der Waals surface area contributed by atoms with E-state index in [4.69, 9.17) is 16.3 Å². The van der Waals surface area contributed by atoms with Crippen LogP contribution in [-0.4, -0.2) is 25.0 Å². The summed E-state index contributed by atoms with van der Waals surface area (Å²) in [4.78, 5) is 23.5. The SMILES string of the molecule is CCOc1cc(/C=C/C(=O)Nc2cc(Cl)ccc2NC(C)=O)ccc1OC(F)F. The Labute approximate surface area is 171 Å². The molecule has 0 atom stereocenters. The van der Waals surface area contributed by atoms with Crippen molar-refractivity contribution in [3.8, 4) is 11.5 Å². The average Bonchev–Trinajstić information content (AvgIpc) is 2.63. The largest absolute Gasteiger partial charge is 0.490 e. The third-order valence-electron chi connectivity index (χ3n) is 3.46. The molecule has 154 valence electrons. The van der Waals surface area contributed by atoms with Gasteiger partial charge in [-0.1, -0.05) is 17.7 Å². The van der Waals surface area contributed by atoms with E-state index in [-0.39, 0.29) is 24.0 Å². The van der Waals surface area contributed by atoms with Crippen molar-refractivity contribution in [2.75, 3.05) is 17.2 Å². The summed E-state index contributed by atoms with van der Waals surface area (Å²) in [5, 5.41) is 5.60. The van der Waals surface area contributed by atoms with Crippen LogP contribution in [0, 0.1) is 0 Å². The van der Waals surface area contributed by atoms with E-state index in [2.05, 4.69) is 15.4 Å². The minimum atomic E-state index is -2.98. The Kier molecular flexibility index (Phi) is 7.97. The third kappa shape index (κ3) is 7.08. The zero-order chi connectivity index (χ0) is 21.4. The molecule has 0 saturated carbocycles. The van der Waals surface area contributed by atoms with Crippen molar-refractivity contribution in [1.29, 1.82) is 0 Å². The Balaban J connectivity index is 2.16. The van der Waals surface area contributed by atoms with E-state index in [1.807, 2.05) is 0 Å². The first-order valence-electron chi connectivity index (χ1n) is 8.56. The highest BCUT2D eigenvalue weighted by Gasteiger charge is 2.11. The Bertz CT molecular complexity index is 919. The van der Waals surface area contributed by atoms with Crippen LogP contribution in [0.15, 0.2) is 42.5 Å². The zero-order valence-electron chi connectivity index (χ0n) is 15.7. The third-order valence-corrected chi connectivity index (χ3v) is 3.70. The van der Waals surface area contributed by atoms with Gasteiger partial charge in [0.05, 0.1) is 18.0 Å². The molecule has 0 radical (unpaired) electrons. The molecule has 6 nitrogen and oxygen atoms in total. The molecule has 9 heteroatoms. The molecular weight excluding hydrogens is 406 g/mol. The lowest BCUT2D eigenvalue weighted by molar-refractivity contribution is -0.114. The van der Waals surface area contributed by atoms with Crippen molar-refractivity contribution in [1.82, 2.24) is 0 Å². The van der Waals surface area contributed by atoms with Crippen LogP contribution in [0.4, 0.5) is 20.2 Å². The maximum absolute atomic E-state index is 12.5. The second kappa shape index (κ2) is 10.4. The van der Waals surface area contributed by atoms with E-state index in [0.717, 1.165) is 0 Å². The van der Waals surface area contributed by atoms with E-state index >= 15 is 0 Å². The fourth-order valence-corrected chi connectivity index (χ4v) is 2.53. The van der Waals surface area contributed by atoms with Gasteiger partial charge in [0.15, 0.2) is 11.5 Å². The number of rotatable bonds is 8. The normalized spacial score (nSPS) is 10.8. The van der Waals surface area contributed by atoms with Crippen molar-refractivity contribution in [2.45, 2.75) is 20.5 Å². The number of anilines is 2. The van der Waals surface area contributed by atoms with Crippen LogP contribution in [0.2, 0.25) is 5.02 Å². The predicted molar refractivity (Wildman–Crippen MR) is 108 cm³/mol. The van der Waals surface area contributed by atoms with Gasteiger partial charge in [-0.2, -0.15) is 8.78 Å². The van der Waals surface area contributed by atoms with E-state index < -0.39 is 12.5 Å². The molecule has 0 saturated heterocycles. The van der Waals surface area contributed by atoms with Gasteiger partial charge >= 0.3 is 6.61 Å². The summed E-state index contributed by atoms with van der Waals surface area (Å²) in [7, 11) is 0. The number of hydrogen-bond donors (Lipinski definition) is 2. The quantitative estimate of drug-likeness (QED) is 0.588. The van der Waals surface area contributed by atoms with E-state index in [0.29, 0.717) is 22.0 Å². The van der Waals surface area contributed by atoms with Gasteiger partial charge in [0.2, 0.25) is 11.8 Å².